The molecule has 0 radical (unpaired) electrons. The smallest absolute Gasteiger partial charge is 0.223 e. The summed E-state index contributed by atoms with van der Waals surface area (Å²) in [5.41, 5.74) is -0.347. The lowest BCUT2D eigenvalue weighted by molar-refractivity contribution is -0.137. The van der Waals surface area contributed by atoms with Gasteiger partial charge >= 0.3 is 0 Å². The Morgan fingerprint density at radius 1 is 1.33 bits per heavy atom. The number of likely N-dealkylation sites (tertiary alicyclic amines) is 1. The molecule has 0 aromatic heterocycles. The Hall–Kier alpha value is -1.10. The van der Waals surface area contributed by atoms with Gasteiger partial charge in [-0.3, -0.25) is 9.59 Å². The van der Waals surface area contributed by atoms with Crippen molar-refractivity contribution in [1.82, 2.24) is 10.2 Å². The second-order valence-electron chi connectivity index (χ2n) is 7.28. The van der Waals surface area contributed by atoms with Crippen LogP contribution in [0.1, 0.15) is 47.0 Å². The van der Waals surface area contributed by atoms with E-state index in [0.29, 0.717) is 19.6 Å². The fraction of sp³-hybridized carbons (Fsp3) is 0.875. The Morgan fingerprint density at radius 3 is 2.57 bits per heavy atom. The van der Waals surface area contributed by atoms with Crippen molar-refractivity contribution < 1.29 is 14.3 Å². The average molecular weight is 298 g/mol. The molecule has 122 valence electrons. The standard InChI is InChI=1S/C16H30N2O3/c1-15(2,16(3,4)11-17-12-19)9-14(20)18-8-6-7-13(18)10-21-5/h12-13H,6-11H2,1-5H3,(H,17,19). The largest absolute Gasteiger partial charge is 0.383 e. The molecule has 1 aliphatic heterocycles. The Bertz CT molecular complexity index is 367. The minimum absolute atomic E-state index is 0.153. The summed E-state index contributed by atoms with van der Waals surface area (Å²) in [6.45, 7) is 10.4. The van der Waals surface area contributed by atoms with Crippen LogP contribution in [0.15, 0.2) is 0 Å². The van der Waals surface area contributed by atoms with Crippen molar-refractivity contribution in [3.05, 3.63) is 0 Å². The molecule has 1 aliphatic rings. The van der Waals surface area contributed by atoms with Crippen LogP contribution >= 0.6 is 0 Å². The van der Waals surface area contributed by atoms with Crippen molar-refractivity contribution in [2.24, 2.45) is 10.8 Å². The zero-order chi connectivity index (χ0) is 16.1. The summed E-state index contributed by atoms with van der Waals surface area (Å²) in [5.74, 6) is 0.193. The summed E-state index contributed by atoms with van der Waals surface area (Å²) in [7, 11) is 1.68. The number of hydrogen-bond donors (Lipinski definition) is 1. The van der Waals surface area contributed by atoms with E-state index in [0.717, 1.165) is 25.8 Å². The van der Waals surface area contributed by atoms with E-state index in [-0.39, 0.29) is 22.8 Å². The third kappa shape index (κ3) is 4.43. The molecular weight excluding hydrogens is 268 g/mol. The van der Waals surface area contributed by atoms with Crippen LogP contribution in [0.4, 0.5) is 0 Å². The first-order valence-electron chi connectivity index (χ1n) is 7.70. The SMILES string of the molecule is COCC1CCCN1C(=O)CC(C)(C)C(C)(C)CNC=O. The molecule has 0 bridgehead atoms. The van der Waals surface area contributed by atoms with Crippen LogP contribution in [0.5, 0.6) is 0 Å². The summed E-state index contributed by atoms with van der Waals surface area (Å²) >= 11 is 0. The van der Waals surface area contributed by atoms with Crippen LogP contribution in [0, 0.1) is 10.8 Å². The predicted octanol–water partition coefficient (Wildman–Crippen LogP) is 1.81. The predicted molar refractivity (Wildman–Crippen MR) is 82.9 cm³/mol. The number of carbonyl (C=O) groups excluding carboxylic acids is 2. The van der Waals surface area contributed by atoms with Crippen molar-refractivity contribution >= 4 is 12.3 Å². The molecule has 0 aromatic rings. The van der Waals surface area contributed by atoms with Gasteiger partial charge < -0.3 is 15.0 Å². The highest BCUT2D eigenvalue weighted by atomic mass is 16.5. The zero-order valence-electron chi connectivity index (χ0n) is 14.1. The normalized spacial score (nSPS) is 19.7. The zero-order valence-corrected chi connectivity index (χ0v) is 14.1. The van der Waals surface area contributed by atoms with Crippen molar-refractivity contribution in [2.75, 3.05) is 26.8 Å². The number of methoxy groups -OCH3 is 1. The summed E-state index contributed by atoms with van der Waals surface area (Å²) in [6.07, 6.45) is 3.28. The highest BCUT2D eigenvalue weighted by Crippen LogP contribution is 2.41. The summed E-state index contributed by atoms with van der Waals surface area (Å²) < 4.78 is 5.21. The lowest BCUT2D eigenvalue weighted by atomic mass is 9.66. The van der Waals surface area contributed by atoms with Crippen LogP contribution in [-0.2, 0) is 14.3 Å². The molecule has 0 aliphatic carbocycles. The molecule has 1 heterocycles. The molecular formula is C16H30N2O3. The Morgan fingerprint density at radius 2 is 2.00 bits per heavy atom. The third-order valence-corrected chi connectivity index (χ3v) is 5.11. The first kappa shape index (κ1) is 18.0. The van der Waals surface area contributed by atoms with Crippen LogP contribution < -0.4 is 5.32 Å². The monoisotopic (exact) mass is 298 g/mol. The number of ether oxygens (including phenoxy) is 1. The fourth-order valence-corrected chi connectivity index (χ4v) is 2.78. The van der Waals surface area contributed by atoms with Crippen molar-refractivity contribution in [3.63, 3.8) is 0 Å². The number of rotatable bonds is 8. The van der Waals surface area contributed by atoms with Gasteiger partial charge in [0.25, 0.3) is 0 Å². The van der Waals surface area contributed by atoms with Crippen molar-refractivity contribution in [1.29, 1.82) is 0 Å². The minimum atomic E-state index is -0.194. The van der Waals surface area contributed by atoms with Gasteiger partial charge in [-0.15, -0.1) is 0 Å². The Balaban J connectivity index is 2.69. The first-order valence-corrected chi connectivity index (χ1v) is 7.70. The number of amides is 2. The molecule has 5 heteroatoms. The number of carbonyl (C=O) groups is 2. The van der Waals surface area contributed by atoms with E-state index in [1.165, 1.54) is 0 Å². The topological polar surface area (TPSA) is 58.6 Å². The molecule has 2 amide bonds. The van der Waals surface area contributed by atoms with Crippen LogP contribution in [0.3, 0.4) is 0 Å². The maximum Gasteiger partial charge on any atom is 0.223 e. The minimum Gasteiger partial charge on any atom is -0.383 e. The first-order chi connectivity index (χ1) is 9.75. The van der Waals surface area contributed by atoms with Crippen molar-refractivity contribution in [3.8, 4) is 0 Å². The lowest BCUT2D eigenvalue weighted by Gasteiger charge is -2.42. The maximum absolute atomic E-state index is 12.6. The van der Waals surface area contributed by atoms with E-state index in [1.54, 1.807) is 7.11 Å². The summed E-state index contributed by atoms with van der Waals surface area (Å²) in [5, 5.41) is 2.74. The van der Waals surface area contributed by atoms with Crippen molar-refractivity contribution in [2.45, 2.75) is 53.0 Å². The van der Waals surface area contributed by atoms with E-state index >= 15 is 0 Å². The Labute approximate surface area is 128 Å². The molecule has 21 heavy (non-hydrogen) atoms. The second kappa shape index (κ2) is 7.25. The molecule has 1 rings (SSSR count). The molecule has 1 N–H and O–H groups in total. The van der Waals surface area contributed by atoms with Crippen LogP contribution in [-0.4, -0.2) is 50.1 Å². The molecule has 0 spiro atoms. The highest BCUT2D eigenvalue weighted by Gasteiger charge is 2.40. The van der Waals surface area contributed by atoms with Gasteiger partial charge in [-0.05, 0) is 23.7 Å². The van der Waals surface area contributed by atoms with Gasteiger partial charge in [0.15, 0.2) is 0 Å². The molecule has 1 saturated heterocycles. The van der Waals surface area contributed by atoms with Gasteiger partial charge in [0, 0.05) is 26.6 Å². The summed E-state index contributed by atoms with van der Waals surface area (Å²) in [4.78, 5) is 25.1. The van der Waals surface area contributed by atoms with E-state index in [2.05, 4.69) is 33.0 Å². The van der Waals surface area contributed by atoms with E-state index in [1.807, 2.05) is 4.90 Å². The fourth-order valence-electron chi connectivity index (χ4n) is 2.78. The van der Waals surface area contributed by atoms with Gasteiger partial charge in [0.05, 0.1) is 12.6 Å². The van der Waals surface area contributed by atoms with E-state index in [9.17, 15) is 9.59 Å². The Kier molecular flexibility index (Phi) is 6.20. The van der Waals surface area contributed by atoms with E-state index < -0.39 is 0 Å². The molecule has 0 saturated carbocycles. The van der Waals surface area contributed by atoms with Gasteiger partial charge in [0.2, 0.25) is 12.3 Å². The number of nitrogens with zero attached hydrogens (tertiary/aromatic N) is 1. The number of hydrogen-bond acceptors (Lipinski definition) is 3. The summed E-state index contributed by atoms with van der Waals surface area (Å²) in [6, 6.07) is 0.217. The van der Waals surface area contributed by atoms with Crippen LogP contribution in [0.2, 0.25) is 0 Å². The average Bonchev–Trinajstić information content (AvgIpc) is 2.84. The third-order valence-electron chi connectivity index (χ3n) is 5.11. The number of nitrogens with one attached hydrogen (secondary N) is 1. The highest BCUT2D eigenvalue weighted by molar-refractivity contribution is 5.77. The maximum atomic E-state index is 12.6. The van der Waals surface area contributed by atoms with Gasteiger partial charge in [-0.2, -0.15) is 0 Å². The van der Waals surface area contributed by atoms with Gasteiger partial charge in [-0.25, -0.2) is 0 Å². The molecule has 5 nitrogen and oxygen atoms in total. The van der Waals surface area contributed by atoms with E-state index in [4.69, 9.17) is 4.74 Å². The van der Waals surface area contributed by atoms with Gasteiger partial charge in [0.1, 0.15) is 0 Å². The van der Waals surface area contributed by atoms with Gasteiger partial charge in [-0.1, -0.05) is 27.7 Å². The lowest BCUT2D eigenvalue weighted by Crippen LogP contribution is -2.46. The molecule has 1 fully saturated rings. The molecule has 1 unspecified atom stereocenters. The second-order valence-corrected chi connectivity index (χ2v) is 7.28. The quantitative estimate of drug-likeness (QED) is 0.695. The molecule has 1 atom stereocenters. The van der Waals surface area contributed by atoms with Crippen LogP contribution in [0.25, 0.3) is 0 Å². The molecule has 0 aromatic carbocycles.